The van der Waals surface area contributed by atoms with Gasteiger partial charge in [0.15, 0.2) is 0 Å². The highest BCUT2D eigenvalue weighted by atomic mass is 16.5. The van der Waals surface area contributed by atoms with Crippen LogP contribution < -0.4 is 11.1 Å². The average molecular weight is 240 g/mol. The normalized spacial score (nSPS) is 36.1. The summed E-state index contributed by atoms with van der Waals surface area (Å²) in [6, 6.07) is 0. The van der Waals surface area contributed by atoms with Crippen molar-refractivity contribution in [3.05, 3.63) is 0 Å². The standard InChI is InChI=1S/C13H24N2O2/c1-10-4-3-5-13(14,6-10)11(16)15-7-12(2)8-17-9-12/h10H,3-9,14H2,1-2H3,(H,15,16). The van der Waals surface area contributed by atoms with Gasteiger partial charge in [-0.25, -0.2) is 0 Å². The van der Waals surface area contributed by atoms with Gasteiger partial charge in [-0.15, -0.1) is 0 Å². The second kappa shape index (κ2) is 4.58. The Balaban J connectivity index is 1.85. The molecule has 1 amide bonds. The monoisotopic (exact) mass is 240 g/mol. The summed E-state index contributed by atoms with van der Waals surface area (Å²) in [5, 5.41) is 3.01. The van der Waals surface area contributed by atoms with Crippen molar-refractivity contribution in [2.45, 2.75) is 45.1 Å². The molecule has 1 aliphatic carbocycles. The molecule has 1 aliphatic heterocycles. The zero-order chi connectivity index (χ0) is 12.5. The van der Waals surface area contributed by atoms with Gasteiger partial charge in [0, 0.05) is 12.0 Å². The number of rotatable bonds is 3. The maximum Gasteiger partial charge on any atom is 0.240 e. The average Bonchev–Trinajstić information content (AvgIpc) is 2.23. The van der Waals surface area contributed by atoms with Crippen molar-refractivity contribution in [1.82, 2.24) is 5.32 Å². The third-order valence-electron chi connectivity index (χ3n) is 4.06. The van der Waals surface area contributed by atoms with E-state index in [1.807, 2.05) is 0 Å². The minimum atomic E-state index is -0.640. The first-order valence-corrected chi connectivity index (χ1v) is 6.59. The predicted molar refractivity (Wildman–Crippen MR) is 66.5 cm³/mol. The number of ether oxygens (including phenoxy) is 1. The van der Waals surface area contributed by atoms with Crippen molar-refractivity contribution in [1.29, 1.82) is 0 Å². The summed E-state index contributed by atoms with van der Waals surface area (Å²) in [5.74, 6) is 0.583. The van der Waals surface area contributed by atoms with Gasteiger partial charge < -0.3 is 15.8 Å². The summed E-state index contributed by atoms with van der Waals surface area (Å²) in [6.45, 7) is 6.46. The van der Waals surface area contributed by atoms with Crippen molar-refractivity contribution in [2.24, 2.45) is 17.1 Å². The fourth-order valence-electron chi connectivity index (χ4n) is 2.82. The van der Waals surface area contributed by atoms with Crippen molar-refractivity contribution in [2.75, 3.05) is 19.8 Å². The largest absolute Gasteiger partial charge is 0.380 e. The molecule has 0 aromatic heterocycles. The molecule has 2 unspecified atom stereocenters. The lowest BCUT2D eigenvalue weighted by atomic mass is 9.76. The Morgan fingerprint density at radius 2 is 2.24 bits per heavy atom. The summed E-state index contributed by atoms with van der Waals surface area (Å²) >= 11 is 0. The van der Waals surface area contributed by atoms with Gasteiger partial charge in [-0.3, -0.25) is 4.79 Å². The molecule has 0 aromatic rings. The van der Waals surface area contributed by atoms with Crippen LogP contribution in [0.15, 0.2) is 0 Å². The van der Waals surface area contributed by atoms with Gasteiger partial charge in [-0.05, 0) is 18.8 Å². The van der Waals surface area contributed by atoms with Crippen molar-refractivity contribution < 1.29 is 9.53 Å². The number of hydrogen-bond acceptors (Lipinski definition) is 3. The molecule has 4 heteroatoms. The van der Waals surface area contributed by atoms with Crippen LogP contribution in [0.1, 0.15) is 39.5 Å². The van der Waals surface area contributed by atoms with E-state index in [9.17, 15) is 4.79 Å². The van der Waals surface area contributed by atoms with E-state index in [4.69, 9.17) is 10.5 Å². The topological polar surface area (TPSA) is 64.4 Å². The van der Waals surface area contributed by atoms with Gasteiger partial charge >= 0.3 is 0 Å². The Hall–Kier alpha value is -0.610. The molecular formula is C13H24N2O2. The van der Waals surface area contributed by atoms with Crippen LogP contribution in [0.25, 0.3) is 0 Å². The summed E-state index contributed by atoms with van der Waals surface area (Å²) < 4.78 is 5.18. The molecule has 0 radical (unpaired) electrons. The van der Waals surface area contributed by atoms with E-state index < -0.39 is 5.54 Å². The van der Waals surface area contributed by atoms with Crippen LogP contribution in [0.3, 0.4) is 0 Å². The first-order chi connectivity index (χ1) is 7.94. The Kier molecular flexibility index (Phi) is 3.46. The second-order valence-corrected chi connectivity index (χ2v) is 6.34. The number of carbonyl (C=O) groups excluding carboxylic acids is 1. The van der Waals surface area contributed by atoms with Gasteiger partial charge in [0.25, 0.3) is 0 Å². The lowest BCUT2D eigenvalue weighted by Crippen LogP contribution is -2.59. The van der Waals surface area contributed by atoms with Crippen LogP contribution in [-0.4, -0.2) is 31.2 Å². The van der Waals surface area contributed by atoms with Crippen LogP contribution in [0.2, 0.25) is 0 Å². The molecule has 2 fully saturated rings. The number of hydrogen-bond donors (Lipinski definition) is 2. The fourth-order valence-corrected chi connectivity index (χ4v) is 2.82. The van der Waals surface area contributed by atoms with E-state index >= 15 is 0 Å². The Morgan fingerprint density at radius 3 is 2.76 bits per heavy atom. The minimum absolute atomic E-state index is 0.0252. The third-order valence-corrected chi connectivity index (χ3v) is 4.06. The summed E-state index contributed by atoms with van der Waals surface area (Å²) in [5.41, 5.74) is 5.72. The number of nitrogens with one attached hydrogen (secondary N) is 1. The van der Waals surface area contributed by atoms with E-state index in [-0.39, 0.29) is 11.3 Å². The Morgan fingerprint density at radius 1 is 1.53 bits per heavy atom. The highest BCUT2D eigenvalue weighted by Gasteiger charge is 2.40. The zero-order valence-electron chi connectivity index (χ0n) is 10.9. The molecule has 0 bridgehead atoms. The first-order valence-electron chi connectivity index (χ1n) is 6.59. The molecule has 2 atom stereocenters. The van der Waals surface area contributed by atoms with E-state index in [1.54, 1.807) is 0 Å². The molecule has 1 saturated carbocycles. The SMILES string of the molecule is CC1CCCC(N)(C(=O)NCC2(C)COC2)C1. The molecule has 98 valence electrons. The van der Waals surface area contributed by atoms with Crippen LogP contribution in [0.4, 0.5) is 0 Å². The fraction of sp³-hybridized carbons (Fsp3) is 0.923. The van der Waals surface area contributed by atoms with E-state index in [1.165, 1.54) is 6.42 Å². The number of amides is 1. The highest BCUT2D eigenvalue weighted by Crippen LogP contribution is 2.31. The summed E-state index contributed by atoms with van der Waals surface area (Å²) in [6.07, 6.45) is 3.88. The van der Waals surface area contributed by atoms with Gasteiger partial charge in [-0.1, -0.05) is 26.7 Å². The molecule has 1 heterocycles. The maximum atomic E-state index is 12.2. The molecule has 0 aromatic carbocycles. The molecule has 17 heavy (non-hydrogen) atoms. The smallest absolute Gasteiger partial charge is 0.240 e. The number of nitrogens with two attached hydrogens (primary N) is 1. The molecular weight excluding hydrogens is 216 g/mol. The second-order valence-electron chi connectivity index (χ2n) is 6.34. The predicted octanol–water partition coefficient (Wildman–Crippen LogP) is 1.05. The Labute approximate surface area is 103 Å². The molecule has 0 spiro atoms. The lowest BCUT2D eigenvalue weighted by molar-refractivity contribution is -0.133. The van der Waals surface area contributed by atoms with Gasteiger partial charge in [-0.2, -0.15) is 0 Å². The van der Waals surface area contributed by atoms with E-state index in [0.29, 0.717) is 12.5 Å². The summed E-state index contributed by atoms with van der Waals surface area (Å²) in [7, 11) is 0. The van der Waals surface area contributed by atoms with Crippen LogP contribution in [0.5, 0.6) is 0 Å². The van der Waals surface area contributed by atoms with Crippen LogP contribution >= 0.6 is 0 Å². The van der Waals surface area contributed by atoms with Crippen molar-refractivity contribution in [3.63, 3.8) is 0 Å². The quantitative estimate of drug-likeness (QED) is 0.775. The van der Waals surface area contributed by atoms with Crippen LogP contribution in [-0.2, 0) is 9.53 Å². The summed E-state index contributed by atoms with van der Waals surface area (Å²) in [4.78, 5) is 12.2. The lowest BCUT2D eigenvalue weighted by Gasteiger charge is -2.40. The molecule has 3 N–H and O–H groups in total. The van der Waals surface area contributed by atoms with Crippen LogP contribution in [0, 0.1) is 11.3 Å². The third kappa shape index (κ3) is 2.80. The van der Waals surface area contributed by atoms with E-state index in [2.05, 4.69) is 19.2 Å². The minimum Gasteiger partial charge on any atom is -0.380 e. The van der Waals surface area contributed by atoms with Gasteiger partial charge in [0.1, 0.15) is 0 Å². The maximum absolute atomic E-state index is 12.2. The number of carbonyl (C=O) groups is 1. The van der Waals surface area contributed by atoms with Gasteiger partial charge in [0.05, 0.1) is 18.8 Å². The first kappa shape index (κ1) is 12.8. The molecule has 2 aliphatic rings. The van der Waals surface area contributed by atoms with Gasteiger partial charge in [0.2, 0.25) is 5.91 Å². The van der Waals surface area contributed by atoms with Crippen molar-refractivity contribution in [3.8, 4) is 0 Å². The zero-order valence-corrected chi connectivity index (χ0v) is 10.9. The molecule has 2 rings (SSSR count). The Bertz CT molecular complexity index is 302. The van der Waals surface area contributed by atoms with Crippen molar-refractivity contribution >= 4 is 5.91 Å². The highest BCUT2D eigenvalue weighted by molar-refractivity contribution is 5.86. The van der Waals surface area contributed by atoms with E-state index in [0.717, 1.165) is 32.5 Å². The molecule has 4 nitrogen and oxygen atoms in total. The molecule has 1 saturated heterocycles.